The first-order valence-corrected chi connectivity index (χ1v) is 5.88. The smallest absolute Gasteiger partial charge is 0.0598 e. The molecular weight excluding hydrogens is 195 g/mol. The van der Waals surface area contributed by atoms with E-state index in [9.17, 15) is 5.11 Å². The highest BCUT2D eigenvalue weighted by atomic mass is 31.1. The quantitative estimate of drug-likeness (QED) is 0.732. The Bertz CT molecular complexity index is 249. The second-order valence-electron chi connectivity index (χ2n) is 3.50. The van der Waals surface area contributed by atoms with Crippen molar-refractivity contribution in [3.05, 3.63) is 35.9 Å². The van der Waals surface area contributed by atoms with E-state index in [0.717, 1.165) is 12.8 Å². The van der Waals surface area contributed by atoms with Crippen LogP contribution < -0.4 is 0 Å². The third kappa shape index (κ3) is 3.75. The Morgan fingerprint density at radius 2 is 1.93 bits per heavy atom. The zero-order valence-electron chi connectivity index (χ0n) is 8.35. The second-order valence-corrected chi connectivity index (χ2v) is 4.50. The minimum absolute atomic E-state index is 0.0233. The van der Waals surface area contributed by atoms with E-state index in [1.54, 1.807) is 6.92 Å². The minimum Gasteiger partial charge on any atom is -0.393 e. The van der Waals surface area contributed by atoms with E-state index in [1.165, 1.54) is 5.56 Å². The summed E-state index contributed by atoms with van der Waals surface area (Å²) in [5.74, 6) is 0. The van der Waals surface area contributed by atoms with Gasteiger partial charge in [0.15, 0.2) is 0 Å². The molecule has 1 aromatic carbocycles. The molecule has 0 aliphatic rings. The van der Waals surface area contributed by atoms with Gasteiger partial charge in [-0.1, -0.05) is 30.3 Å². The van der Waals surface area contributed by atoms with Crippen LogP contribution in [0.1, 0.15) is 18.9 Å². The predicted octanol–water partition coefficient (Wildman–Crippen LogP) is 1.95. The van der Waals surface area contributed by atoms with Crippen molar-refractivity contribution >= 4 is 8.81 Å². The maximum atomic E-state index is 9.34. The number of hydrogen-bond acceptors (Lipinski definition) is 2. The fraction of sp³-hybridized carbons (Fsp3) is 0.455. The van der Waals surface area contributed by atoms with Crippen LogP contribution in [0, 0.1) is 0 Å². The topological polar surface area (TPSA) is 40.5 Å². The molecule has 0 fully saturated rings. The lowest BCUT2D eigenvalue weighted by Crippen LogP contribution is -2.18. The summed E-state index contributed by atoms with van der Waals surface area (Å²) in [7, 11) is -0.169. The van der Waals surface area contributed by atoms with Crippen molar-refractivity contribution in [1.29, 1.82) is 0 Å². The molecule has 1 rings (SSSR count). The van der Waals surface area contributed by atoms with Crippen LogP contribution in [0.15, 0.2) is 30.3 Å². The molecule has 78 valence electrons. The normalized spacial score (nSPS) is 15.9. The Kier molecular flexibility index (Phi) is 5.10. The van der Waals surface area contributed by atoms with Crippen LogP contribution in [0.25, 0.3) is 0 Å². The maximum Gasteiger partial charge on any atom is 0.0598 e. The van der Waals surface area contributed by atoms with Crippen LogP contribution in [0.2, 0.25) is 0 Å². The summed E-state index contributed by atoms with van der Waals surface area (Å²) in [6.07, 6.45) is 1.35. The molecule has 3 heteroatoms. The Hall–Kier alpha value is -0.430. The standard InChI is InChI=1S/C11H17O2P/c1-9(12)11(14-13)8-7-10-5-3-2-4-6-10/h2-6,9,11-14H,7-8H2,1H3/t9-,11?/m0/s1. The lowest BCUT2D eigenvalue weighted by Gasteiger charge is -2.16. The molecule has 0 bridgehead atoms. The fourth-order valence-corrected chi connectivity index (χ4v) is 1.87. The molecule has 0 spiro atoms. The average molecular weight is 212 g/mol. The van der Waals surface area contributed by atoms with E-state index in [4.69, 9.17) is 4.89 Å². The summed E-state index contributed by atoms with van der Waals surface area (Å²) in [6, 6.07) is 10.1. The number of hydrogen-bond donors (Lipinski definition) is 2. The Balaban J connectivity index is 2.40. The molecule has 0 amide bonds. The first-order chi connectivity index (χ1) is 6.74. The summed E-state index contributed by atoms with van der Waals surface area (Å²) in [5.41, 5.74) is 1.28. The van der Waals surface area contributed by atoms with E-state index < -0.39 is 6.10 Å². The largest absolute Gasteiger partial charge is 0.393 e. The molecule has 0 heterocycles. The van der Waals surface area contributed by atoms with Crippen LogP contribution in [-0.4, -0.2) is 21.8 Å². The van der Waals surface area contributed by atoms with Crippen LogP contribution in [0.5, 0.6) is 0 Å². The van der Waals surface area contributed by atoms with Gasteiger partial charge in [0.2, 0.25) is 0 Å². The van der Waals surface area contributed by atoms with Crippen molar-refractivity contribution in [2.45, 2.75) is 31.5 Å². The number of benzene rings is 1. The van der Waals surface area contributed by atoms with E-state index in [1.807, 2.05) is 18.2 Å². The number of aliphatic hydroxyl groups excluding tert-OH is 1. The number of aliphatic hydroxyl groups is 1. The fourth-order valence-electron chi connectivity index (χ4n) is 1.38. The predicted molar refractivity (Wildman–Crippen MR) is 60.8 cm³/mol. The monoisotopic (exact) mass is 212 g/mol. The summed E-state index contributed by atoms with van der Waals surface area (Å²) in [4.78, 5) is 9.04. The number of rotatable bonds is 5. The third-order valence-electron chi connectivity index (χ3n) is 2.33. The molecule has 2 N–H and O–H groups in total. The van der Waals surface area contributed by atoms with Crippen molar-refractivity contribution in [2.75, 3.05) is 0 Å². The maximum absolute atomic E-state index is 9.34. The van der Waals surface area contributed by atoms with Crippen molar-refractivity contribution in [3.63, 3.8) is 0 Å². The van der Waals surface area contributed by atoms with Gasteiger partial charge in [0.05, 0.1) is 6.10 Å². The van der Waals surface area contributed by atoms with Crippen molar-refractivity contribution < 1.29 is 10.00 Å². The van der Waals surface area contributed by atoms with Crippen LogP contribution in [-0.2, 0) is 6.42 Å². The first-order valence-electron chi connectivity index (χ1n) is 4.85. The SMILES string of the molecule is C[C@H](O)C(CCc1ccccc1)PO. The lowest BCUT2D eigenvalue weighted by molar-refractivity contribution is 0.184. The molecule has 14 heavy (non-hydrogen) atoms. The van der Waals surface area contributed by atoms with Crippen LogP contribution in [0.4, 0.5) is 0 Å². The molecule has 1 aromatic rings. The lowest BCUT2D eigenvalue weighted by atomic mass is 10.1. The average Bonchev–Trinajstić information content (AvgIpc) is 2.20. The molecule has 2 nitrogen and oxygen atoms in total. The molecule has 0 aliphatic carbocycles. The van der Waals surface area contributed by atoms with Gasteiger partial charge in [-0.2, -0.15) is 0 Å². The zero-order chi connectivity index (χ0) is 10.4. The molecule has 3 atom stereocenters. The minimum atomic E-state index is -0.415. The third-order valence-corrected chi connectivity index (χ3v) is 3.44. The van der Waals surface area contributed by atoms with Gasteiger partial charge in [0.25, 0.3) is 0 Å². The van der Waals surface area contributed by atoms with E-state index in [-0.39, 0.29) is 14.5 Å². The van der Waals surface area contributed by atoms with Gasteiger partial charge < -0.3 is 10.00 Å². The summed E-state index contributed by atoms with van der Waals surface area (Å²) >= 11 is 0. The molecule has 0 radical (unpaired) electrons. The zero-order valence-corrected chi connectivity index (χ0v) is 9.35. The van der Waals surface area contributed by atoms with Gasteiger partial charge in [0, 0.05) is 14.5 Å². The highest BCUT2D eigenvalue weighted by Crippen LogP contribution is 2.22. The molecule has 0 aromatic heterocycles. The van der Waals surface area contributed by atoms with E-state index in [0.29, 0.717) is 0 Å². The summed E-state index contributed by atoms with van der Waals surface area (Å²) in [6.45, 7) is 1.74. The Labute approximate surface area is 86.8 Å². The number of aryl methyl sites for hydroxylation is 1. The molecule has 0 aliphatic heterocycles. The van der Waals surface area contributed by atoms with Crippen LogP contribution in [0.3, 0.4) is 0 Å². The van der Waals surface area contributed by atoms with Gasteiger partial charge in [-0.05, 0) is 25.3 Å². The Morgan fingerprint density at radius 1 is 1.29 bits per heavy atom. The second kappa shape index (κ2) is 6.13. The first kappa shape index (κ1) is 11.6. The molecule has 2 unspecified atom stereocenters. The molecule has 0 saturated heterocycles. The van der Waals surface area contributed by atoms with Gasteiger partial charge in [-0.3, -0.25) is 0 Å². The van der Waals surface area contributed by atoms with Crippen molar-refractivity contribution in [2.24, 2.45) is 0 Å². The van der Waals surface area contributed by atoms with Crippen molar-refractivity contribution in [1.82, 2.24) is 0 Å². The van der Waals surface area contributed by atoms with Crippen LogP contribution >= 0.6 is 8.81 Å². The van der Waals surface area contributed by atoms with Gasteiger partial charge in [-0.25, -0.2) is 0 Å². The highest BCUT2D eigenvalue weighted by Gasteiger charge is 2.13. The van der Waals surface area contributed by atoms with E-state index >= 15 is 0 Å². The highest BCUT2D eigenvalue weighted by molar-refractivity contribution is 7.32. The summed E-state index contributed by atoms with van der Waals surface area (Å²) in [5, 5.41) is 9.34. The molecule has 0 saturated carbocycles. The van der Waals surface area contributed by atoms with Gasteiger partial charge >= 0.3 is 0 Å². The summed E-state index contributed by atoms with van der Waals surface area (Å²) < 4.78 is 0. The van der Waals surface area contributed by atoms with E-state index in [2.05, 4.69) is 12.1 Å². The van der Waals surface area contributed by atoms with Crippen molar-refractivity contribution in [3.8, 4) is 0 Å². The van der Waals surface area contributed by atoms with Gasteiger partial charge in [0.1, 0.15) is 0 Å². The molecular formula is C11H17O2P. The Morgan fingerprint density at radius 3 is 2.43 bits per heavy atom. The van der Waals surface area contributed by atoms with Gasteiger partial charge in [-0.15, -0.1) is 0 Å².